The molecule has 0 aliphatic heterocycles. The highest BCUT2D eigenvalue weighted by Gasteiger charge is 2.14. The predicted molar refractivity (Wildman–Crippen MR) is 220 cm³/mol. The van der Waals surface area contributed by atoms with E-state index in [9.17, 15) is 0 Å². The van der Waals surface area contributed by atoms with Crippen LogP contribution in [0.4, 0.5) is 0 Å². The molecule has 0 spiro atoms. The van der Waals surface area contributed by atoms with Crippen molar-refractivity contribution >= 4 is 0 Å². The monoisotopic (exact) mass is 707 g/mol. The molecule has 0 bridgehead atoms. The Hall–Kier alpha value is -7.57. The molecule has 0 amide bonds. The number of hydrogen-bond acceptors (Lipinski definition) is 6. The average molecular weight is 708 g/mol. The van der Waals surface area contributed by atoms with Gasteiger partial charge in [0.15, 0.2) is 23.3 Å². The Morgan fingerprint density at radius 1 is 0.236 bits per heavy atom. The molecule has 0 fully saturated rings. The van der Waals surface area contributed by atoms with Gasteiger partial charge in [0.05, 0.1) is 11.4 Å². The van der Waals surface area contributed by atoms with Crippen molar-refractivity contribution in [3.63, 3.8) is 0 Å². The van der Waals surface area contributed by atoms with Gasteiger partial charge in [-0.15, -0.1) is 0 Å². The number of aromatic nitrogens is 5. The Morgan fingerprint density at radius 2 is 0.582 bits per heavy atom. The molecule has 0 atom stereocenters. The van der Waals surface area contributed by atoms with Crippen LogP contribution in [0.15, 0.2) is 200 Å². The zero-order chi connectivity index (χ0) is 36.8. The quantitative estimate of drug-likeness (QED) is 0.149. The zero-order valence-electron chi connectivity index (χ0n) is 29.7. The molecule has 55 heavy (non-hydrogen) atoms. The minimum Gasteiger partial charge on any atom is -0.457 e. The molecule has 6 nitrogen and oxygen atoms in total. The minimum absolute atomic E-state index is 0.571. The van der Waals surface area contributed by atoms with Crippen LogP contribution in [0.5, 0.6) is 11.5 Å². The summed E-state index contributed by atoms with van der Waals surface area (Å²) < 4.78 is 6.44. The third-order valence-corrected chi connectivity index (χ3v) is 9.20. The summed E-state index contributed by atoms with van der Waals surface area (Å²) in [5, 5.41) is 0. The smallest absolute Gasteiger partial charge is 0.164 e. The lowest BCUT2D eigenvalue weighted by molar-refractivity contribution is 0.483. The van der Waals surface area contributed by atoms with Crippen LogP contribution in [-0.4, -0.2) is 24.9 Å². The highest BCUT2D eigenvalue weighted by atomic mass is 16.5. The highest BCUT2D eigenvalue weighted by Crippen LogP contribution is 2.33. The third-order valence-electron chi connectivity index (χ3n) is 9.20. The molecule has 0 unspecified atom stereocenters. The Morgan fingerprint density at radius 3 is 1.07 bits per heavy atom. The molecule has 2 heterocycles. The van der Waals surface area contributed by atoms with Crippen molar-refractivity contribution in [1.29, 1.82) is 0 Å². The number of nitrogens with zero attached hydrogens (tertiary/aromatic N) is 5. The number of rotatable bonds is 9. The van der Waals surface area contributed by atoms with Crippen LogP contribution in [0.1, 0.15) is 0 Å². The molecule has 2 aromatic heterocycles. The fourth-order valence-corrected chi connectivity index (χ4v) is 6.41. The molecule has 0 saturated heterocycles. The lowest BCUT2D eigenvalue weighted by Crippen LogP contribution is -2.00. The fourth-order valence-electron chi connectivity index (χ4n) is 6.41. The van der Waals surface area contributed by atoms with Crippen LogP contribution >= 0.6 is 0 Å². The fraction of sp³-hybridized carbons (Fsp3) is 0. The van der Waals surface area contributed by atoms with Crippen molar-refractivity contribution in [3.8, 4) is 90.7 Å². The average Bonchev–Trinajstić information content (AvgIpc) is 3.27. The van der Waals surface area contributed by atoms with Gasteiger partial charge in [0.1, 0.15) is 11.5 Å². The Bertz CT molecular complexity index is 2590. The number of hydrogen-bond donors (Lipinski definition) is 0. The van der Waals surface area contributed by atoms with Gasteiger partial charge in [0, 0.05) is 33.4 Å². The zero-order valence-corrected chi connectivity index (χ0v) is 29.7. The Labute approximate surface area is 319 Å². The maximum Gasteiger partial charge on any atom is 0.164 e. The Kier molecular flexibility index (Phi) is 9.19. The molecular weight excluding hydrogens is 675 g/mol. The maximum absolute atomic E-state index is 6.44. The van der Waals surface area contributed by atoms with E-state index in [0.717, 1.165) is 61.6 Å². The van der Waals surface area contributed by atoms with Crippen LogP contribution < -0.4 is 4.74 Å². The van der Waals surface area contributed by atoms with E-state index < -0.39 is 0 Å². The lowest BCUT2D eigenvalue weighted by atomic mass is 10.0. The second-order valence-electron chi connectivity index (χ2n) is 13.0. The summed E-state index contributed by atoms with van der Waals surface area (Å²) in [4.78, 5) is 24.6. The van der Waals surface area contributed by atoms with Crippen molar-refractivity contribution in [1.82, 2.24) is 24.9 Å². The summed E-state index contributed by atoms with van der Waals surface area (Å²) in [6.45, 7) is 0. The molecule has 0 N–H and O–H groups in total. The SMILES string of the molecule is c1ccc(-c2cc(-c3ccccc3)nc(-c3ccc(-c4cccc(Oc5cccc(-c6nc(-c7ccccc7)nc(-c7ccccc7)n6)c5)c4)cc3)n2)cc1. The molecule has 0 saturated carbocycles. The Balaban J connectivity index is 0.991. The number of benzene rings is 7. The molecule has 0 aliphatic rings. The van der Waals surface area contributed by atoms with Crippen LogP contribution in [-0.2, 0) is 0 Å². The molecule has 0 aliphatic carbocycles. The normalized spacial score (nSPS) is 10.9. The molecule has 0 radical (unpaired) electrons. The first-order valence-corrected chi connectivity index (χ1v) is 18.1. The van der Waals surface area contributed by atoms with Crippen LogP contribution in [0.25, 0.3) is 79.2 Å². The van der Waals surface area contributed by atoms with E-state index >= 15 is 0 Å². The van der Waals surface area contributed by atoms with E-state index in [0.29, 0.717) is 29.0 Å². The predicted octanol–water partition coefficient (Wildman–Crippen LogP) is 12.1. The third kappa shape index (κ3) is 7.52. The van der Waals surface area contributed by atoms with Gasteiger partial charge in [-0.1, -0.05) is 170 Å². The minimum atomic E-state index is 0.571. The first kappa shape index (κ1) is 33.3. The van der Waals surface area contributed by atoms with Gasteiger partial charge in [-0.05, 0) is 41.5 Å². The van der Waals surface area contributed by atoms with E-state index in [2.05, 4.69) is 60.7 Å². The first-order chi connectivity index (χ1) is 27.2. The van der Waals surface area contributed by atoms with Gasteiger partial charge < -0.3 is 4.74 Å². The van der Waals surface area contributed by atoms with Crippen molar-refractivity contribution in [2.24, 2.45) is 0 Å². The molecule has 9 rings (SSSR count). The summed E-state index contributed by atoms with van der Waals surface area (Å²) >= 11 is 0. The van der Waals surface area contributed by atoms with Gasteiger partial charge in [0.25, 0.3) is 0 Å². The molecule has 260 valence electrons. The van der Waals surface area contributed by atoms with Crippen LogP contribution in [0.2, 0.25) is 0 Å². The summed E-state index contributed by atoms with van der Waals surface area (Å²) in [6, 6.07) is 66.7. The van der Waals surface area contributed by atoms with Gasteiger partial charge in [-0.2, -0.15) is 0 Å². The second-order valence-corrected chi connectivity index (χ2v) is 13.0. The van der Waals surface area contributed by atoms with Gasteiger partial charge >= 0.3 is 0 Å². The number of ether oxygens (including phenoxy) is 1. The standard InChI is InChI=1S/C49H33N5O/c1-5-15-35(16-6-1)44-33-45(36-17-7-2-8-18-36)51-46(50-44)39-29-27-34(28-30-39)40-23-13-25-42(31-40)55-43-26-14-24-41(32-43)49-53-47(37-19-9-3-10-20-37)52-48(54-49)38-21-11-4-12-22-38/h1-33H. The van der Waals surface area contributed by atoms with Gasteiger partial charge in [-0.3, -0.25) is 0 Å². The van der Waals surface area contributed by atoms with Crippen molar-refractivity contribution < 1.29 is 4.74 Å². The van der Waals surface area contributed by atoms with Gasteiger partial charge in [0.2, 0.25) is 0 Å². The second kappa shape index (κ2) is 15.2. The highest BCUT2D eigenvalue weighted by molar-refractivity contribution is 5.74. The van der Waals surface area contributed by atoms with Crippen LogP contribution in [0.3, 0.4) is 0 Å². The summed E-state index contributed by atoms with van der Waals surface area (Å²) in [7, 11) is 0. The molecule has 6 heteroatoms. The van der Waals surface area contributed by atoms with Crippen LogP contribution in [0, 0.1) is 0 Å². The van der Waals surface area contributed by atoms with E-state index in [4.69, 9.17) is 29.7 Å². The van der Waals surface area contributed by atoms with Crippen molar-refractivity contribution in [2.75, 3.05) is 0 Å². The largest absolute Gasteiger partial charge is 0.457 e. The van der Waals surface area contributed by atoms with E-state index in [1.807, 2.05) is 140 Å². The van der Waals surface area contributed by atoms with Crippen molar-refractivity contribution in [2.45, 2.75) is 0 Å². The van der Waals surface area contributed by atoms with E-state index in [-0.39, 0.29) is 0 Å². The van der Waals surface area contributed by atoms with E-state index in [1.165, 1.54) is 0 Å². The van der Waals surface area contributed by atoms with E-state index in [1.54, 1.807) is 0 Å². The van der Waals surface area contributed by atoms with Crippen molar-refractivity contribution in [3.05, 3.63) is 200 Å². The molecule has 9 aromatic rings. The first-order valence-electron chi connectivity index (χ1n) is 18.1. The molecular formula is C49H33N5O. The summed E-state index contributed by atoms with van der Waals surface area (Å²) in [5.74, 6) is 3.87. The summed E-state index contributed by atoms with van der Waals surface area (Å²) in [5.41, 5.74) is 9.55. The topological polar surface area (TPSA) is 73.7 Å². The summed E-state index contributed by atoms with van der Waals surface area (Å²) in [6.07, 6.45) is 0. The lowest BCUT2D eigenvalue weighted by Gasteiger charge is -2.11. The maximum atomic E-state index is 6.44. The van der Waals surface area contributed by atoms with Gasteiger partial charge in [-0.25, -0.2) is 24.9 Å². The molecule has 7 aromatic carbocycles.